The Bertz CT molecular complexity index is 529. The van der Waals surface area contributed by atoms with Gasteiger partial charge in [-0.2, -0.15) is 0 Å². The molecule has 26 heavy (non-hydrogen) atoms. The summed E-state index contributed by atoms with van der Waals surface area (Å²) in [6.45, 7) is 16.3. The lowest BCUT2D eigenvalue weighted by atomic mass is 9.94. The Labute approximate surface area is 156 Å². The number of hydrogen-bond acceptors (Lipinski definition) is 4. The molecule has 5 nitrogen and oxygen atoms in total. The van der Waals surface area contributed by atoms with E-state index in [0.717, 1.165) is 0 Å². The molecule has 0 aromatic carbocycles. The van der Waals surface area contributed by atoms with Crippen molar-refractivity contribution in [2.45, 2.75) is 59.5 Å². The highest BCUT2D eigenvalue weighted by molar-refractivity contribution is 5.83. The zero-order valence-electron chi connectivity index (χ0n) is 16.6. The fourth-order valence-corrected chi connectivity index (χ4v) is 2.53. The predicted molar refractivity (Wildman–Crippen MR) is 103 cm³/mol. The monoisotopic (exact) mass is 368 g/mol. The van der Waals surface area contributed by atoms with E-state index in [-0.39, 0.29) is 24.9 Å². The van der Waals surface area contributed by atoms with Crippen LogP contribution in [0.2, 0.25) is 0 Å². The molecule has 0 aliphatic heterocycles. The van der Waals surface area contributed by atoms with Crippen molar-refractivity contribution in [3.05, 3.63) is 36.8 Å². The van der Waals surface area contributed by atoms with E-state index >= 15 is 0 Å². The Kier molecular flexibility index (Phi) is 11.3. The second kappa shape index (κ2) is 12.3. The molecule has 6 heteroatoms. The molecule has 148 valence electrons. The van der Waals surface area contributed by atoms with E-state index in [2.05, 4.69) is 23.8 Å². The molecule has 2 N–H and O–H groups in total. The minimum Gasteiger partial charge on any atom is -0.466 e. The number of carbonyl (C=O) groups excluding carboxylic acids is 2. The van der Waals surface area contributed by atoms with Crippen molar-refractivity contribution in [3.63, 3.8) is 0 Å². The van der Waals surface area contributed by atoms with E-state index in [1.807, 2.05) is 13.8 Å². The molecule has 0 saturated heterocycles. The maximum Gasteiger partial charge on any atom is 0.307 e. The SMILES string of the molecule is C=CNC(CC(C)C)C(=O)N[C@@H](CC(=O)OCC)C(C)/C(F)=C(/C)C=C. The first kappa shape index (κ1) is 23.9. The third kappa shape index (κ3) is 8.32. The molecule has 3 atom stereocenters. The van der Waals surface area contributed by atoms with Crippen molar-refractivity contribution in [2.24, 2.45) is 11.8 Å². The fourth-order valence-electron chi connectivity index (χ4n) is 2.53. The number of amides is 1. The van der Waals surface area contributed by atoms with Gasteiger partial charge in [0.2, 0.25) is 5.91 Å². The summed E-state index contributed by atoms with van der Waals surface area (Å²) in [6, 6.07) is -1.23. The Balaban J connectivity index is 5.43. The number of ether oxygens (including phenoxy) is 1. The first-order chi connectivity index (χ1) is 12.2. The lowest BCUT2D eigenvalue weighted by Gasteiger charge is -2.27. The van der Waals surface area contributed by atoms with Gasteiger partial charge in [0.1, 0.15) is 11.9 Å². The van der Waals surface area contributed by atoms with Crippen LogP contribution in [-0.2, 0) is 14.3 Å². The van der Waals surface area contributed by atoms with E-state index in [9.17, 15) is 14.0 Å². The zero-order valence-corrected chi connectivity index (χ0v) is 16.6. The molecule has 0 rings (SSSR count). The van der Waals surface area contributed by atoms with Crippen LogP contribution in [0.4, 0.5) is 4.39 Å². The Hall–Kier alpha value is -2.11. The number of hydrogen-bond donors (Lipinski definition) is 2. The second-order valence-electron chi connectivity index (χ2n) is 6.70. The number of rotatable bonds is 12. The lowest BCUT2D eigenvalue weighted by Crippen LogP contribution is -2.49. The van der Waals surface area contributed by atoms with Crippen LogP contribution in [0.15, 0.2) is 36.8 Å². The Morgan fingerprint density at radius 1 is 1.23 bits per heavy atom. The van der Waals surface area contributed by atoms with E-state index in [0.29, 0.717) is 12.0 Å². The maximum atomic E-state index is 14.6. The highest BCUT2D eigenvalue weighted by atomic mass is 19.1. The minimum atomic E-state index is -0.724. The van der Waals surface area contributed by atoms with Crippen molar-refractivity contribution < 1.29 is 18.7 Å². The smallest absolute Gasteiger partial charge is 0.307 e. The lowest BCUT2D eigenvalue weighted by molar-refractivity contribution is -0.144. The van der Waals surface area contributed by atoms with Gasteiger partial charge in [-0.1, -0.05) is 40.0 Å². The van der Waals surface area contributed by atoms with Crippen LogP contribution in [0.25, 0.3) is 0 Å². The van der Waals surface area contributed by atoms with Crippen molar-refractivity contribution in [3.8, 4) is 0 Å². The van der Waals surface area contributed by atoms with Gasteiger partial charge in [-0.05, 0) is 38.0 Å². The number of nitrogens with one attached hydrogen (secondary N) is 2. The van der Waals surface area contributed by atoms with Crippen LogP contribution in [-0.4, -0.2) is 30.6 Å². The van der Waals surface area contributed by atoms with Gasteiger partial charge in [0.15, 0.2) is 0 Å². The molecular formula is C20H33FN2O3. The quantitative estimate of drug-likeness (QED) is 0.408. The van der Waals surface area contributed by atoms with Crippen molar-refractivity contribution in [2.75, 3.05) is 6.61 Å². The van der Waals surface area contributed by atoms with Gasteiger partial charge in [0, 0.05) is 12.0 Å². The van der Waals surface area contributed by atoms with Gasteiger partial charge < -0.3 is 15.4 Å². The summed E-state index contributed by atoms with van der Waals surface area (Å²) in [5.74, 6) is -1.61. The number of carbonyl (C=O) groups is 2. The number of halogens is 1. The first-order valence-electron chi connectivity index (χ1n) is 8.99. The molecule has 0 aliphatic carbocycles. The average Bonchev–Trinajstić information content (AvgIpc) is 2.58. The zero-order chi connectivity index (χ0) is 20.3. The summed E-state index contributed by atoms with van der Waals surface area (Å²) in [7, 11) is 0. The van der Waals surface area contributed by atoms with Gasteiger partial charge in [-0.3, -0.25) is 9.59 Å². The summed E-state index contributed by atoms with van der Waals surface area (Å²) in [5.41, 5.74) is 0.378. The highest BCUT2D eigenvalue weighted by Crippen LogP contribution is 2.23. The standard InChI is InChI=1S/C20H33FN2O3/c1-8-14(6)19(21)15(7)16(12-18(24)26-10-3)23-20(25)17(22-9-2)11-13(4)5/h8-9,13,15-17,22H,1-2,10-12H2,3-7H3,(H,23,25)/b19-14+/t15?,16-,17?/m0/s1. The van der Waals surface area contributed by atoms with Gasteiger partial charge in [-0.25, -0.2) is 4.39 Å². The molecule has 0 aliphatic rings. The van der Waals surface area contributed by atoms with E-state index < -0.39 is 29.8 Å². The van der Waals surface area contributed by atoms with E-state index in [1.54, 1.807) is 20.8 Å². The molecule has 0 radical (unpaired) electrons. The van der Waals surface area contributed by atoms with Crippen molar-refractivity contribution >= 4 is 11.9 Å². The molecule has 0 heterocycles. The molecule has 0 fully saturated rings. The van der Waals surface area contributed by atoms with Crippen LogP contribution < -0.4 is 10.6 Å². The topological polar surface area (TPSA) is 67.4 Å². The molecule has 0 aromatic rings. The van der Waals surface area contributed by atoms with Gasteiger partial charge in [-0.15, -0.1) is 0 Å². The molecule has 0 spiro atoms. The molecule has 0 bridgehead atoms. The first-order valence-corrected chi connectivity index (χ1v) is 8.99. The summed E-state index contributed by atoms with van der Waals surface area (Å²) in [4.78, 5) is 24.6. The fraction of sp³-hybridized carbons (Fsp3) is 0.600. The Morgan fingerprint density at radius 2 is 1.85 bits per heavy atom. The third-order valence-corrected chi connectivity index (χ3v) is 4.05. The van der Waals surface area contributed by atoms with Crippen LogP contribution in [0.3, 0.4) is 0 Å². The van der Waals surface area contributed by atoms with Gasteiger partial charge in [0.05, 0.1) is 13.0 Å². The molecule has 2 unspecified atom stereocenters. The largest absolute Gasteiger partial charge is 0.466 e. The summed E-state index contributed by atoms with van der Waals surface area (Å²) in [6.07, 6.45) is 3.35. The minimum absolute atomic E-state index is 0.110. The normalized spacial score (nSPS) is 15.3. The van der Waals surface area contributed by atoms with Gasteiger partial charge in [0.25, 0.3) is 0 Å². The Morgan fingerprint density at radius 3 is 2.31 bits per heavy atom. The van der Waals surface area contributed by atoms with Crippen molar-refractivity contribution in [1.82, 2.24) is 10.6 Å². The summed E-state index contributed by atoms with van der Waals surface area (Å²) in [5, 5.41) is 5.71. The molecule has 0 saturated carbocycles. The average molecular weight is 368 g/mol. The maximum absolute atomic E-state index is 14.6. The van der Waals surface area contributed by atoms with Crippen LogP contribution in [0.5, 0.6) is 0 Å². The van der Waals surface area contributed by atoms with E-state index in [1.165, 1.54) is 12.3 Å². The van der Waals surface area contributed by atoms with Crippen LogP contribution in [0, 0.1) is 11.8 Å². The highest BCUT2D eigenvalue weighted by Gasteiger charge is 2.29. The van der Waals surface area contributed by atoms with Gasteiger partial charge >= 0.3 is 5.97 Å². The molecule has 0 aromatic heterocycles. The number of esters is 1. The summed E-state index contributed by atoms with van der Waals surface area (Å²) < 4.78 is 19.5. The molecule has 1 amide bonds. The third-order valence-electron chi connectivity index (χ3n) is 4.05. The van der Waals surface area contributed by atoms with Crippen LogP contribution in [0.1, 0.15) is 47.5 Å². The predicted octanol–water partition coefficient (Wildman–Crippen LogP) is 3.64. The molecular weight excluding hydrogens is 335 g/mol. The number of allylic oxidation sites excluding steroid dienone is 2. The van der Waals surface area contributed by atoms with Crippen LogP contribution >= 0.6 is 0 Å². The summed E-state index contributed by atoms with van der Waals surface area (Å²) >= 11 is 0. The second-order valence-corrected chi connectivity index (χ2v) is 6.70. The van der Waals surface area contributed by atoms with E-state index in [4.69, 9.17) is 4.74 Å². The van der Waals surface area contributed by atoms with Crippen molar-refractivity contribution in [1.29, 1.82) is 0 Å².